The van der Waals surface area contributed by atoms with Crippen LogP contribution in [-0.2, 0) is 0 Å². The smallest absolute Gasteiger partial charge is 0.165 e. The third-order valence-corrected chi connectivity index (χ3v) is 2.01. The topological polar surface area (TPSA) is 9.23 Å². The summed E-state index contributed by atoms with van der Waals surface area (Å²) in [6.07, 6.45) is 7.23. The van der Waals surface area contributed by atoms with Crippen LogP contribution < -0.4 is 4.74 Å². The molecule has 1 aromatic rings. The molecule has 0 unspecified atom stereocenters. The van der Waals surface area contributed by atoms with Gasteiger partial charge in [-0.2, -0.15) is 0 Å². The number of para-hydroxylation sites is 1. The van der Waals surface area contributed by atoms with Crippen molar-refractivity contribution in [3.8, 4) is 5.75 Å². The zero-order valence-electron chi connectivity index (χ0n) is 9.08. The number of halogens is 1. The first-order chi connectivity index (χ1) is 7.34. The van der Waals surface area contributed by atoms with Gasteiger partial charge in [-0.05, 0) is 31.4 Å². The molecule has 0 N–H and O–H groups in total. The van der Waals surface area contributed by atoms with Crippen LogP contribution in [0.3, 0.4) is 0 Å². The number of benzene rings is 1. The fraction of sp³-hybridized carbons (Fsp3) is 0.385. The highest BCUT2D eigenvalue weighted by Crippen LogP contribution is 2.15. The van der Waals surface area contributed by atoms with E-state index in [-0.39, 0.29) is 5.82 Å². The molecule has 0 atom stereocenters. The first-order valence-corrected chi connectivity index (χ1v) is 5.37. The summed E-state index contributed by atoms with van der Waals surface area (Å²) in [6, 6.07) is 6.49. The number of hydrogen-bond acceptors (Lipinski definition) is 1. The second kappa shape index (κ2) is 7.04. The fourth-order valence-corrected chi connectivity index (χ4v) is 1.23. The summed E-state index contributed by atoms with van der Waals surface area (Å²) in [4.78, 5) is 0. The lowest BCUT2D eigenvalue weighted by atomic mass is 10.3. The first-order valence-electron chi connectivity index (χ1n) is 5.37. The van der Waals surface area contributed by atoms with Gasteiger partial charge in [0.05, 0.1) is 6.61 Å². The highest BCUT2D eigenvalue weighted by atomic mass is 19.1. The fourth-order valence-electron chi connectivity index (χ4n) is 1.23. The molecular weight excluding hydrogens is 191 g/mol. The summed E-state index contributed by atoms with van der Waals surface area (Å²) in [5.74, 6) is 0.0542. The maximum absolute atomic E-state index is 13.1. The molecule has 0 fully saturated rings. The van der Waals surface area contributed by atoms with Crippen molar-refractivity contribution in [3.63, 3.8) is 0 Å². The summed E-state index contributed by atoms with van der Waals surface area (Å²) >= 11 is 0. The molecule has 82 valence electrons. The minimum absolute atomic E-state index is 0.290. The molecule has 0 aliphatic heterocycles. The quantitative estimate of drug-likeness (QED) is 0.508. The Balaban J connectivity index is 2.20. The molecule has 2 heteroatoms. The number of ether oxygens (including phenoxy) is 1. The van der Waals surface area contributed by atoms with Crippen LogP contribution in [0.15, 0.2) is 36.4 Å². The van der Waals surface area contributed by atoms with E-state index >= 15 is 0 Å². The van der Waals surface area contributed by atoms with Crippen molar-refractivity contribution in [3.05, 3.63) is 42.2 Å². The highest BCUT2D eigenvalue weighted by Gasteiger charge is 1.99. The number of hydrogen-bond donors (Lipinski definition) is 0. The molecule has 1 aromatic carbocycles. The summed E-state index contributed by atoms with van der Waals surface area (Å²) < 4.78 is 18.4. The van der Waals surface area contributed by atoms with Crippen molar-refractivity contribution in [1.29, 1.82) is 0 Å². The normalized spacial score (nSPS) is 10.8. The van der Waals surface area contributed by atoms with Crippen LogP contribution in [0, 0.1) is 5.82 Å². The predicted molar refractivity (Wildman–Crippen MR) is 60.6 cm³/mol. The monoisotopic (exact) mass is 208 g/mol. The third kappa shape index (κ3) is 4.63. The molecule has 0 spiro atoms. The zero-order valence-corrected chi connectivity index (χ0v) is 9.08. The van der Waals surface area contributed by atoms with Gasteiger partial charge >= 0.3 is 0 Å². The lowest BCUT2D eigenvalue weighted by Crippen LogP contribution is -1.98. The van der Waals surface area contributed by atoms with Crippen molar-refractivity contribution in [2.45, 2.75) is 26.2 Å². The molecule has 1 nitrogen and oxygen atoms in total. The molecule has 15 heavy (non-hydrogen) atoms. The van der Waals surface area contributed by atoms with Gasteiger partial charge in [0.25, 0.3) is 0 Å². The molecule has 0 aliphatic carbocycles. The summed E-state index contributed by atoms with van der Waals surface area (Å²) in [5.41, 5.74) is 0. The second-order valence-corrected chi connectivity index (χ2v) is 3.30. The van der Waals surface area contributed by atoms with E-state index in [4.69, 9.17) is 4.74 Å². The third-order valence-electron chi connectivity index (χ3n) is 2.01. The Morgan fingerprint density at radius 2 is 2.07 bits per heavy atom. The van der Waals surface area contributed by atoms with Crippen LogP contribution in [0.1, 0.15) is 26.2 Å². The van der Waals surface area contributed by atoms with E-state index in [0.717, 1.165) is 19.3 Å². The average molecular weight is 208 g/mol. The van der Waals surface area contributed by atoms with E-state index in [9.17, 15) is 4.39 Å². The van der Waals surface area contributed by atoms with E-state index in [1.54, 1.807) is 18.2 Å². The largest absolute Gasteiger partial charge is 0.491 e. The van der Waals surface area contributed by atoms with Gasteiger partial charge in [0.2, 0.25) is 0 Å². The van der Waals surface area contributed by atoms with Crippen molar-refractivity contribution in [1.82, 2.24) is 0 Å². The molecule has 0 saturated heterocycles. The van der Waals surface area contributed by atoms with Crippen LogP contribution in [0.5, 0.6) is 5.75 Å². The molecule has 0 aliphatic rings. The van der Waals surface area contributed by atoms with Crippen molar-refractivity contribution in [2.24, 2.45) is 0 Å². The minimum Gasteiger partial charge on any atom is -0.491 e. The van der Waals surface area contributed by atoms with Gasteiger partial charge in [0.15, 0.2) is 11.6 Å². The van der Waals surface area contributed by atoms with E-state index in [1.165, 1.54) is 6.07 Å². The van der Waals surface area contributed by atoms with Crippen molar-refractivity contribution < 1.29 is 9.13 Å². The van der Waals surface area contributed by atoms with E-state index in [1.807, 2.05) is 0 Å². The minimum atomic E-state index is -0.290. The maximum Gasteiger partial charge on any atom is 0.165 e. The molecular formula is C13H17FO. The van der Waals surface area contributed by atoms with E-state index < -0.39 is 0 Å². The first kappa shape index (κ1) is 11.8. The zero-order chi connectivity index (χ0) is 10.9. The van der Waals surface area contributed by atoms with Gasteiger partial charge < -0.3 is 4.74 Å². The van der Waals surface area contributed by atoms with Crippen LogP contribution in [-0.4, -0.2) is 6.61 Å². The molecule has 0 saturated carbocycles. The average Bonchev–Trinajstić information content (AvgIpc) is 2.25. The van der Waals surface area contributed by atoms with Crippen LogP contribution in [0.25, 0.3) is 0 Å². The predicted octanol–water partition coefficient (Wildman–Crippen LogP) is 3.95. The summed E-state index contributed by atoms with van der Waals surface area (Å²) in [7, 11) is 0. The van der Waals surface area contributed by atoms with Crippen LogP contribution in [0.4, 0.5) is 4.39 Å². The Hall–Kier alpha value is -1.31. The molecule has 0 bridgehead atoms. The lowest BCUT2D eigenvalue weighted by Gasteiger charge is -2.05. The Morgan fingerprint density at radius 3 is 2.80 bits per heavy atom. The van der Waals surface area contributed by atoms with Crippen molar-refractivity contribution in [2.75, 3.05) is 6.61 Å². The van der Waals surface area contributed by atoms with Gasteiger partial charge in [-0.1, -0.05) is 31.2 Å². The van der Waals surface area contributed by atoms with Gasteiger partial charge in [0, 0.05) is 0 Å². The van der Waals surface area contributed by atoms with E-state index in [0.29, 0.717) is 12.4 Å². The molecule has 0 amide bonds. The summed E-state index contributed by atoms with van der Waals surface area (Å²) in [6.45, 7) is 2.67. The van der Waals surface area contributed by atoms with Gasteiger partial charge in [-0.3, -0.25) is 0 Å². The molecule has 0 radical (unpaired) electrons. The van der Waals surface area contributed by atoms with Crippen LogP contribution in [0.2, 0.25) is 0 Å². The van der Waals surface area contributed by atoms with Crippen LogP contribution >= 0.6 is 0 Å². The SMILES string of the molecule is CC/C=C/CCCOc1ccccc1F. The Kier molecular flexibility index (Phi) is 5.52. The lowest BCUT2D eigenvalue weighted by molar-refractivity contribution is 0.296. The standard InChI is InChI=1S/C13H17FO/c1-2-3-4-5-8-11-15-13-10-7-6-9-12(13)14/h3-4,6-7,9-10H,2,5,8,11H2,1H3/b4-3+. The van der Waals surface area contributed by atoms with Gasteiger partial charge in [-0.25, -0.2) is 4.39 Å². The maximum atomic E-state index is 13.1. The van der Waals surface area contributed by atoms with Crippen molar-refractivity contribution >= 4 is 0 Å². The second-order valence-electron chi connectivity index (χ2n) is 3.30. The van der Waals surface area contributed by atoms with Gasteiger partial charge in [0.1, 0.15) is 0 Å². The number of rotatable bonds is 6. The summed E-state index contributed by atoms with van der Waals surface area (Å²) in [5, 5.41) is 0. The Labute approximate surface area is 90.6 Å². The Morgan fingerprint density at radius 1 is 1.27 bits per heavy atom. The number of unbranched alkanes of at least 4 members (excludes halogenated alkanes) is 1. The molecule has 0 heterocycles. The Bertz CT molecular complexity index is 307. The highest BCUT2D eigenvalue weighted by molar-refractivity contribution is 5.23. The van der Waals surface area contributed by atoms with Gasteiger partial charge in [-0.15, -0.1) is 0 Å². The van der Waals surface area contributed by atoms with E-state index in [2.05, 4.69) is 19.1 Å². The molecule has 0 aromatic heterocycles. The number of allylic oxidation sites excluding steroid dienone is 2. The molecule has 1 rings (SSSR count).